The lowest BCUT2D eigenvalue weighted by molar-refractivity contribution is 0.628. The molecule has 0 aliphatic rings. The van der Waals surface area contributed by atoms with Crippen LogP contribution in [0.4, 0.5) is 21.7 Å². The van der Waals surface area contributed by atoms with Gasteiger partial charge in [0.25, 0.3) is 0 Å². The van der Waals surface area contributed by atoms with E-state index in [1.165, 1.54) is 18.5 Å². The van der Waals surface area contributed by atoms with Crippen molar-refractivity contribution in [2.45, 2.75) is 6.92 Å². The maximum atomic E-state index is 13.2. The van der Waals surface area contributed by atoms with Crippen LogP contribution in [0.15, 0.2) is 29.0 Å². The topological polar surface area (TPSA) is 75.9 Å². The first-order chi connectivity index (χ1) is 8.61. The summed E-state index contributed by atoms with van der Waals surface area (Å²) in [6, 6.07) is 4.50. The molecule has 0 saturated carbocycles. The molecule has 0 saturated heterocycles. The molecule has 0 spiro atoms. The molecule has 1 heterocycles. The highest BCUT2D eigenvalue weighted by molar-refractivity contribution is 9.10. The fraction of sp³-hybridized carbons (Fsp3) is 0.0909. The first-order valence-electron chi connectivity index (χ1n) is 5.12. The van der Waals surface area contributed by atoms with Crippen molar-refractivity contribution < 1.29 is 4.39 Å². The number of hydrazine groups is 1. The summed E-state index contributed by atoms with van der Waals surface area (Å²) in [5.74, 6) is 5.95. The predicted octanol–water partition coefficient (Wildman–Crippen LogP) is 2.72. The number of halogens is 2. The number of nitrogens with one attached hydrogen (secondary N) is 2. The zero-order chi connectivity index (χ0) is 13.1. The maximum absolute atomic E-state index is 13.2. The number of anilines is 3. The van der Waals surface area contributed by atoms with E-state index in [2.05, 4.69) is 36.6 Å². The Labute approximate surface area is 112 Å². The second kappa shape index (κ2) is 5.28. The molecule has 2 rings (SSSR count). The van der Waals surface area contributed by atoms with E-state index in [4.69, 9.17) is 5.84 Å². The zero-order valence-corrected chi connectivity index (χ0v) is 11.1. The predicted molar refractivity (Wildman–Crippen MR) is 72.0 cm³/mol. The normalized spacial score (nSPS) is 10.2. The van der Waals surface area contributed by atoms with Crippen molar-refractivity contribution in [2.75, 3.05) is 10.7 Å². The Morgan fingerprint density at radius 1 is 1.28 bits per heavy atom. The minimum atomic E-state index is -0.314. The van der Waals surface area contributed by atoms with E-state index < -0.39 is 0 Å². The molecule has 1 aromatic heterocycles. The van der Waals surface area contributed by atoms with E-state index in [-0.39, 0.29) is 5.82 Å². The van der Waals surface area contributed by atoms with Crippen molar-refractivity contribution in [1.29, 1.82) is 0 Å². The SMILES string of the molecule is Cc1ccc(F)cc1Nc1ncnc(NN)c1Br. The van der Waals surface area contributed by atoms with Crippen LogP contribution in [0.25, 0.3) is 0 Å². The van der Waals surface area contributed by atoms with Crippen molar-refractivity contribution in [3.05, 3.63) is 40.4 Å². The third-order valence-corrected chi connectivity index (χ3v) is 3.13. The van der Waals surface area contributed by atoms with Crippen molar-refractivity contribution in [3.63, 3.8) is 0 Å². The average Bonchev–Trinajstić information content (AvgIpc) is 2.36. The van der Waals surface area contributed by atoms with Gasteiger partial charge in [0.15, 0.2) is 5.82 Å². The fourth-order valence-corrected chi connectivity index (χ4v) is 1.83. The molecule has 0 aliphatic heterocycles. The first kappa shape index (κ1) is 12.7. The average molecular weight is 312 g/mol. The lowest BCUT2D eigenvalue weighted by Gasteiger charge is -2.11. The lowest BCUT2D eigenvalue weighted by atomic mass is 10.2. The van der Waals surface area contributed by atoms with Gasteiger partial charge in [0.05, 0.1) is 0 Å². The molecular formula is C11H11BrFN5. The van der Waals surface area contributed by atoms with Crippen molar-refractivity contribution >= 4 is 33.3 Å². The summed E-state index contributed by atoms with van der Waals surface area (Å²) in [7, 11) is 0. The highest BCUT2D eigenvalue weighted by Gasteiger charge is 2.09. The third-order valence-electron chi connectivity index (χ3n) is 2.38. The summed E-state index contributed by atoms with van der Waals surface area (Å²) < 4.78 is 13.8. The highest BCUT2D eigenvalue weighted by Crippen LogP contribution is 2.29. The fourth-order valence-electron chi connectivity index (χ4n) is 1.41. The summed E-state index contributed by atoms with van der Waals surface area (Å²) >= 11 is 3.32. The Bertz CT molecular complexity index is 575. The molecule has 0 atom stereocenters. The standard InChI is InChI=1S/C11H11BrFN5/c1-6-2-3-7(13)4-8(6)17-10-9(12)11(18-14)16-5-15-10/h2-5H,14H2,1H3,(H2,15,16,17,18). The molecule has 0 amide bonds. The van der Waals surface area contributed by atoms with E-state index in [1.807, 2.05) is 6.92 Å². The molecule has 7 heteroatoms. The maximum Gasteiger partial charge on any atom is 0.159 e. The second-order valence-corrected chi connectivity index (χ2v) is 4.41. The molecule has 4 N–H and O–H groups in total. The second-order valence-electron chi connectivity index (χ2n) is 3.61. The van der Waals surface area contributed by atoms with Crippen molar-refractivity contribution in [1.82, 2.24) is 9.97 Å². The van der Waals surface area contributed by atoms with E-state index in [0.717, 1.165) is 5.56 Å². The molecule has 1 aromatic carbocycles. The van der Waals surface area contributed by atoms with Crippen LogP contribution in [0.2, 0.25) is 0 Å². The van der Waals surface area contributed by atoms with Gasteiger partial charge < -0.3 is 10.7 Å². The number of aryl methyl sites for hydroxylation is 1. The molecule has 94 valence electrons. The number of hydrogen-bond acceptors (Lipinski definition) is 5. The molecule has 5 nitrogen and oxygen atoms in total. The molecule has 18 heavy (non-hydrogen) atoms. The monoisotopic (exact) mass is 311 g/mol. The van der Waals surface area contributed by atoms with Gasteiger partial charge in [-0.3, -0.25) is 0 Å². The summed E-state index contributed by atoms with van der Waals surface area (Å²) in [4.78, 5) is 8.00. The van der Waals surface area contributed by atoms with Crippen molar-refractivity contribution in [2.24, 2.45) is 5.84 Å². The van der Waals surface area contributed by atoms with Crippen molar-refractivity contribution in [3.8, 4) is 0 Å². The van der Waals surface area contributed by atoms with E-state index in [1.54, 1.807) is 6.07 Å². The summed E-state index contributed by atoms with van der Waals surface area (Å²) in [6.07, 6.45) is 1.36. The molecule has 0 radical (unpaired) electrons. The van der Waals surface area contributed by atoms with Gasteiger partial charge in [0, 0.05) is 5.69 Å². The smallest absolute Gasteiger partial charge is 0.159 e. The quantitative estimate of drug-likeness (QED) is 0.600. The lowest BCUT2D eigenvalue weighted by Crippen LogP contribution is -2.10. The van der Waals surface area contributed by atoms with Crippen LogP contribution in [0.3, 0.4) is 0 Å². The molecule has 0 unspecified atom stereocenters. The molecule has 0 fully saturated rings. The van der Waals surface area contributed by atoms with Gasteiger partial charge in [-0.2, -0.15) is 0 Å². The summed E-state index contributed by atoms with van der Waals surface area (Å²) in [5.41, 5.74) is 3.98. The van der Waals surface area contributed by atoms with Crippen LogP contribution < -0.4 is 16.6 Å². The van der Waals surface area contributed by atoms with Gasteiger partial charge in [-0.05, 0) is 40.5 Å². The summed E-state index contributed by atoms with van der Waals surface area (Å²) in [5, 5.41) is 3.02. The number of hydrogen-bond donors (Lipinski definition) is 3. The van der Waals surface area contributed by atoms with Crippen LogP contribution in [0.1, 0.15) is 5.56 Å². The third kappa shape index (κ3) is 2.57. The van der Waals surface area contributed by atoms with Crippen LogP contribution in [-0.2, 0) is 0 Å². The summed E-state index contributed by atoms with van der Waals surface area (Å²) in [6.45, 7) is 1.87. The van der Waals surface area contributed by atoms with Gasteiger partial charge in [0.2, 0.25) is 0 Å². The molecular weight excluding hydrogens is 301 g/mol. The van der Waals surface area contributed by atoms with Gasteiger partial charge >= 0.3 is 0 Å². The van der Waals surface area contributed by atoms with Crippen LogP contribution in [0.5, 0.6) is 0 Å². The molecule has 0 aliphatic carbocycles. The minimum absolute atomic E-state index is 0.314. The van der Waals surface area contributed by atoms with E-state index in [9.17, 15) is 4.39 Å². The van der Waals surface area contributed by atoms with Crippen LogP contribution in [0, 0.1) is 12.7 Å². The molecule has 2 aromatic rings. The van der Waals surface area contributed by atoms with Gasteiger partial charge in [-0.15, -0.1) is 0 Å². The van der Waals surface area contributed by atoms with Crippen LogP contribution in [-0.4, -0.2) is 9.97 Å². The Hall–Kier alpha value is -1.73. The number of nitrogen functional groups attached to an aromatic ring is 1. The van der Waals surface area contributed by atoms with E-state index >= 15 is 0 Å². The number of rotatable bonds is 3. The first-order valence-corrected chi connectivity index (χ1v) is 5.91. The number of benzene rings is 1. The number of nitrogens with zero attached hydrogens (tertiary/aromatic N) is 2. The van der Waals surface area contributed by atoms with Gasteiger partial charge in [-0.25, -0.2) is 20.2 Å². The Balaban J connectivity index is 2.37. The van der Waals surface area contributed by atoms with Gasteiger partial charge in [-0.1, -0.05) is 6.07 Å². The Morgan fingerprint density at radius 2 is 2.00 bits per heavy atom. The molecule has 0 bridgehead atoms. The number of nitrogens with two attached hydrogens (primary N) is 1. The zero-order valence-electron chi connectivity index (χ0n) is 9.54. The Morgan fingerprint density at radius 3 is 2.72 bits per heavy atom. The highest BCUT2D eigenvalue weighted by atomic mass is 79.9. The Kier molecular flexibility index (Phi) is 3.73. The largest absolute Gasteiger partial charge is 0.339 e. The van der Waals surface area contributed by atoms with Gasteiger partial charge in [0.1, 0.15) is 22.4 Å². The minimum Gasteiger partial charge on any atom is -0.339 e. The number of aromatic nitrogens is 2. The van der Waals surface area contributed by atoms with E-state index in [0.29, 0.717) is 21.8 Å². The van der Waals surface area contributed by atoms with Crippen LogP contribution >= 0.6 is 15.9 Å².